The molecular formula is C13H21N3O4. The van der Waals surface area contributed by atoms with E-state index in [1.165, 1.54) is 12.0 Å². The van der Waals surface area contributed by atoms with Crippen molar-refractivity contribution in [1.29, 1.82) is 0 Å². The Hall–Kier alpha value is -1.89. The molecular weight excluding hydrogens is 262 g/mol. The van der Waals surface area contributed by atoms with Gasteiger partial charge in [0.25, 0.3) is 0 Å². The number of hydrogen-bond donors (Lipinski definition) is 1. The number of rotatable bonds is 7. The van der Waals surface area contributed by atoms with Crippen LogP contribution in [0.1, 0.15) is 26.0 Å². The zero-order valence-corrected chi connectivity index (χ0v) is 12.3. The molecule has 7 heteroatoms. The second-order valence-electron chi connectivity index (χ2n) is 4.58. The van der Waals surface area contributed by atoms with Gasteiger partial charge in [-0.25, -0.2) is 0 Å². The molecule has 2 amide bonds. The van der Waals surface area contributed by atoms with Crippen molar-refractivity contribution in [3.05, 3.63) is 11.8 Å². The van der Waals surface area contributed by atoms with Crippen LogP contribution in [0.25, 0.3) is 0 Å². The molecule has 1 rings (SSSR count). The van der Waals surface area contributed by atoms with E-state index >= 15 is 0 Å². The Balaban J connectivity index is 2.64. The topological polar surface area (TPSA) is 84.7 Å². The van der Waals surface area contributed by atoms with Gasteiger partial charge in [-0.2, -0.15) is 0 Å². The summed E-state index contributed by atoms with van der Waals surface area (Å²) in [5.74, 6) is 0.418. The van der Waals surface area contributed by atoms with E-state index in [0.29, 0.717) is 11.6 Å². The first kappa shape index (κ1) is 16.2. The van der Waals surface area contributed by atoms with Crippen LogP contribution < -0.4 is 5.32 Å². The maximum absolute atomic E-state index is 11.9. The number of nitrogens with zero attached hydrogens (tertiary/aromatic N) is 2. The fraction of sp³-hybridized carbons (Fsp3) is 0.615. The van der Waals surface area contributed by atoms with E-state index in [1.807, 2.05) is 13.8 Å². The molecule has 0 saturated heterocycles. The minimum absolute atomic E-state index is 0.0386. The van der Waals surface area contributed by atoms with Crippen LogP contribution in [-0.2, 0) is 14.3 Å². The Morgan fingerprint density at radius 3 is 2.75 bits per heavy atom. The molecule has 1 aromatic heterocycles. The van der Waals surface area contributed by atoms with E-state index in [4.69, 9.17) is 9.26 Å². The maximum Gasteiger partial charge on any atom is 0.249 e. The Bertz CT molecular complexity index is 458. The number of aromatic nitrogens is 1. The van der Waals surface area contributed by atoms with Crippen molar-refractivity contribution in [2.45, 2.75) is 33.2 Å². The van der Waals surface area contributed by atoms with Gasteiger partial charge < -0.3 is 19.5 Å². The lowest BCUT2D eigenvalue weighted by Gasteiger charge is -2.27. The summed E-state index contributed by atoms with van der Waals surface area (Å²) in [6.07, 6.45) is 0.756. The minimum Gasteiger partial charge on any atom is -0.375 e. The van der Waals surface area contributed by atoms with Crippen LogP contribution in [0.5, 0.6) is 0 Å². The van der Waals surface area contributed by atoms with Crippen LogP contribution in [0.2, 0.25) is 0 Å². The second-order valence-corrected chi connectivity index (χ2v) is 4.58. The van der Waals surface area contributed by atoms with Crippen LogP contribution in [0.15, 0.2) is 10.6 Å². The molecule has 1 atom stereocenters. The lowest BCUT2D eigenvalue weighted by molar-refractivity contribution is -0.140. The monoisotopic (exact) mass is 283 g/mol. The van der Waals surface area contributed by atoms with Crippen molar-refractivity contribution in [3.8, 4) is 0 Å². The molecule has 0 bridgehead atoms. The number of nitrogens with one attached hydrogen (secondary N) is 1. The predicted octanol–water partition coefficient (Wildman–Crippen LogP) is 1.20. The molecule has 1 heterocycles. The fourth-order valence-corrected chi connectivity index (χ4v) is 1.68. The molecule has 0 fully saturated rings. The highest BCUT2D eigenvalue weighted by Gasteiger charge is 2.22. The third-order valence-electron chi connectivity index (χ3n) is 2.92. The van der Waals surface area contributed by atoms with Crippen LogP contribution in [0.3, 0.4) is 0 Å². The highest BCUT2D eigenvalue weighted by atomic mass is 16.5. The average molecular weight is 283 g/mol. The first-order chi connectivity index (χ1) is 9.47. The van der Waals surface area contributed by atoms with E-state index < -0.39 is 0 Å². The zero-order chi connectivity index (χ0) is 15.1. The molecule has 7 nitrogen and oxygen atoms in total. The summed E-state index contributed by atoms with van der Waals surface area (Å²) in [6, 6.07) is 1.57. The highest BCUT2D eigenvalue weighted by molar-refractivity contribution is 5.94. The number of carbonyl (C=O) groups excluding carboxylic acids is 2. The summed E-state index contributed by atoms with van der Waals surface area (Å²) in [6.45, 7) is 5.50. The lowest BCUT2D eigenvalue weighted by Crippen LogP contribution is -2.45. The Morgan fingerprint density at radius 1 is 1.55 bits per heavy atom. The van der Waals surface area contributed by atoms with Gasteiger partial charge in [-0.3, -0.25) is 9.59 Å². The van der Waals surface area contributed by atoms with Gasteiger partial charge >= 0.3 is 0 Å². The first-order valence-electron chi connectivity index (χ1n) is 6.49. The summed E-state index contributed by atoms with van der Waals surface area (Å²) >= 11 is 0. The largest absolute Gasteiger partial charge is 0.375 e. The number of ether oxygens (including phenoxy) is 1. The number of aryl methyl sites for hydroxylation is 1. The molecule has 0 radical (unpaired) electrons. The van der Waals surface area contributed by atoms with Crippen LogP contribution >= 0.6 is 0 Å². The summed E-state index contributed by atoms with van der Waals surface area (Å²) in [5.41, 5.74) is 0. The van der Waals surface area contributed by atoms with Gasteiger partial charge in [0.2, 0.25) is 11.8 Å². The van der Waals surface area contributed by atoms with Crippen LogP contribution in [0, 0.1) is 6.92 Å². The molecule has 1 aromatic rings. The summed E-state index contributed by atoms with van der Waals surface area (Å²) in [5, 5.41) is 6.26. The zero-order valence-electron chi connectivity index (χ0n) is 12.3. The lowest BCUT2D eigenvalue weighted by atomic mass is 10.2. The molecule has 20 heavy (non-hydrogen) atoms. The van der Waals surface area contributed by atoms with E-state index in [9.17, 15) is 9.59 Å². The van der Waals surface area contributed by atoms with Gasteiger partial charge in [0.05, 0.1) is 0 Å². The molecule has 1 N–H and O–H groups in total. The molecule has 0 aromatic carbocycles. The number of anilines is 1. The van der Waals surface area contributed by atoms with E-state index in [0.717, 1.165) is 6.42 Å². The van der Waals surface area contributed by atoms with Crippen molar-refractivity contribution in [2.24, 2.45) is 0 Å². The third kappa shape index (κ3) is 4.65. The van der Waals surface area contributed by atoms with Crippen molar-refractivity contribution >= 4 is 17.6 Å². The van der Waals surface area contributed by atoms with Gasteiger partial charge in [0.15, 0.2) is 5.82 Å². The Kier molecular flexibility index (Phi) is 6.17. The van der Waals surface area contributed by atoms with Crippen LogP contribution in [-0.4, -0.2) is 48.2 Å². The predicted molar refractivity (Wildman–Crippen MR) is 73.2 cm³/mol. The number of amides is 2. The normalized spacial score (nSPS) is 12.0. The molecule has 0 aliphatic heterocycles. The highest BCUT2D eigenvalue weighted by Crippen LogP contribution is 2.08. The van der Waals surface area contributed by atoms with E-state index in [2.05, 4.69) is 10.5 Å². The molecule has 0 aliphatic rings. The molecule has 0 spiro atoms. The second kappa shape index (κ2) is 7.64. The van der Waals surface area contributed by atoms with Crippen LogP contribution in [0.4, 0.5) is 5.82 Å². The minimum atomic E-state index is -0.317. The first-order valence-corrected chi connectivity index (χ1v) is 6.49. The SMILES string of the molecule is CCC(C)N(CC(=O)Nc1cc(C)on1)C(=O)COC. The standard InChI is InChI=1S/C13H21N3O4/c1-5-9(2)16(13(18)8-19-4)7-12(17)14-11-6-10(3)20-15-11/h6,9H,5,7-8H2,1-4H3,(H,14,15,17). The van der Waals surface area contributed by atoms with Gasteiger partial charge in [0.1, 0.15) is 18.9 Å². The van der Waals surface area contributed by atoms with Gasteiger partial charge in [-0.1, -0.05) is 12.1 Å². The molecule has 1 unspecified atom stereocenters. The van der Waals surface area contributed by atoms with Crippen molar-refractivity contribution in [1.82, 2.24) is 10.1 Å². The van der Waals surface area contributed by atoms with Gasteiger partial charge in [-0.15, -0.1) is 0 Å². The smallest absolute Gasteiger partial charge is 0.249 e. The Morgan fingerprint density at radius 2 is 2.25 bits per heavy atom. The third-order valence-corrected chi connectivity index (χ3v) is 2.92. The summed E-state index contributed by atoms with van der Waals surface area (Å²) < 4.78 is 9.69. The van der Waals surface area contributed by atoms with Crippen molar-refractivity contribution in [3.63, 3.8) is 0 Å². The number of methoxy groups -OCH3 is 1. The van der Waals surface area contributed by atoms with E-state index in [1.54, 1.807) is 13.0 Å². The Labute approximate surface area is 118 Å². The number of carbonyl (C=O) groups is 2. The quantitative estimate of drug-likeness (QED) is 0.812. The van der Waals surface area contributed by atoms with E-state index in [-0.39, 0.29) is 31.0 Å². The summed E-state index contributed by atoms with van der Waals surface area (Å²) in [7, 11) is 1.45. The van der Waals surface area contributed by atoms with Crippen molar-refractivity contribution in [2.75, 3.05) is 25.6 Å². The number of hydrogen-bond acceptors (Lipinski definition) is 5. The van der Waals surface area contributed by atoms with Crippen molar-refractivity contribution < 1.29 is 18.8 Å². The maximum atomic E-state index is 11.9. The fourth-order valence-electron chi connectivity index (χ4n) is 1.68. The molecule has 0 saturated carbocycles. The van der Waals surface area contributed by atoms with Gasteiger partial charge in [-0.05, 0) is 20.3 Å². The van der Waals surface area contributed by atoms with Gasteiger partial charge in [0, 0.05) is 19.2 Å². The average Bonchev–Trinajstić information content (AvgIpc) is 2.80. The summed E-state index contributed by atoms with van der Waals surface area (Å²) in [4.78, 5) is 25.3. The molecule has 0 aliphatic carbocycles. The molecule has 112 valence electrons.